The zero-order valence-corrected chi connectivity index (χ0v) is 13.2. The minimum absolute atomic E-state index is 0.172. The molecule has 1 saturated carbocycles. The van der Waals surface area contributed by atoms with Gasteiger partial charge in [-0.25, -0.2) is 0 Å². The zero-order chi connectivity index (χ0) is 15.3. The van der Waals surface area contributed by atoms with E-state index in [4.69, 9.17) is 5.73 Å². The maximum Gasteiger partial charge on any atom is 0.0338 e. The van der Waals surface area contributed by atoms with Crippen molar-refractivity contribution < 1.29 is 0 Å². The molecule has 2 aromatic carbocycles. The van der Waals surface area contributed by atoms with Gasteiger partial charge in [-0.3, -0.25) is 4.90 Å². The molecule has 1 fully saturated rings. The lowest BCUT2D eigenvalue weighted by Crippen LogP contribution is -2.51. The Balaban J connectivity index is 1.84. The van der Waals surface area contributed by atoms with E-state index >= 15 is 0 Å². The van der Waals surface area contributed by atoms with Crippen molar-refractivity contribution in [2.45, 2.75) is 44.3 Å². The smallest absolute Gasteiger partial charge is 0.0338 e. The molecule has 22 heavy (non-hydrogen) atoms. The Morgan fingerprint density at radius 3 is 1.64 bits per heavy atom. The molecule has 116 valence electrons. The summed E-state index contributed by atoms with van der Waals surface area (Å²) in [4.78, 5) is 2.62. The predicted octanol–water partition coefficient (Wildman–Crippen LogP) is 3.96. The van der Waals surface area contributed by atoms with E-state index in [-0.39, 0.29) is 5.54 Å². The Labute approximate surface area is 134 Å². The van der Waals surface area contributed by atoms with Crippen LogP contribution >= 0.6 is 0 Å². The van der Waals surface area contributed by atoms with Gasteiger partial charge in [-0.2, -0.15) is 0 Å². The molecule has 2 N–H and O–H groups in total. The van der Waals surface area contributed by atoms with Crippen molar-refractivity contribution in [3.05, 3.63) is 71.8 Å². The molecule has 2 aromatic rings. The van der Waals surface area contributed by atoms with Crippen molar-refractivity contribution in [2.75, 3.05) is 6.54 Å². The quantitative estimate of drug-likeness (QED) is 0.873. The van der Waals surface area contributed by atoms with Gasteiger partial charge in [0.2, 0.25) is 0 Å². The summed E-state index contributed by atoms with van der Waals surface area (Å²) >= 11 is 0. The zero-order valence-electron chi connectivity index (χ0n) is 13.2. The van der Waals surface area contributed by atoms with Gasteiger partial charge in [0.05, 0.1) is 0 Å². The third kappa shape index (κ3) is 3.40. The third-order valence-corrected chi connectivity index (χ3v) is 5.02. The van der Waals surface area contributed by atoms with E-state index in [9.17, 15) is 0 Å². The van der Waals surface area contributed by atoms with Crippen LogP contribution in [0.25, 0.3) is 0 Å². The van der Waals surface area contributed by atoms with Gasteiger partial charge >= 0.3 is 0 Å². The SMILES string of the molecule is NCC1(N(Cc2ccccc2)Cc2ccccc2)CCCC1. The van der Waals surface area contributed by atoms with Crippen LogP contribution in [0.4, 0.5) is 0 Å². The number of hydrogen-bond acceptors (Lipinski definition) is 2. The first kappa shape index (κ1) is 15.3. The van der Waals surface area contributed by atoms with Crippen LogP contribution in [0.2, 0.25) is 0 Å². The second kappa shape index (κ2) is 7.08. The standard InChI is InChI=1S/C20H26N2/c21-17-20(13-7-8-14-20)22(15-18-9-3-1-4-10-18)16-19-11-5-2-6-12-19/h1-6,9-12H,7-8,13-17,21H2. The monoisotopic (exact) mass is 294 g/mol. The fourth-order valence-electron chi connectivity index (χ4n) is 3.68. The van der Waals surface area contributed by atoms with Crippen molar-refractivity contribution in [2.24, 2.45) is 5.73 Å². The van der Waals surface area contributed by atoms with E-state index in [1.165, 1.54) is 36.8 Å². The summed E-state index contributed by atoms with van der Waals surface area (Å²) in [6.45, 7) is 2.71. The fourth-order valence-corrected chi connectivity index (χ4v) is 3.68. The van der Waals surface area contributed by atoms with E-state index in [0.29, 0.717) is 0 Å². The lowest BCUT2D eigenvalue weighted by Gasteiger charge is -2.41. The maximum atomic E-state index is 6.24. The van der Waals surface area contributed by atoms with E-state index < -0.39 is 0 Å². The second-order valence-corrected chi connectivity index (χ2v) is 6.46. The van der Waals surface area contributed by atoms with Crippen LogP contribution in [-0.2, 0) is 13.1 Å². The van der Waals surface area contributed by atoms with Crippen molar-refractivity contribution in [3.63, 3.8) is 0 Å². The Morgan fingerprint density at radius 2 is 1.23 bits per heavy atom. The van der Waals surface area contributed by atoms with Gasteiger partial charge in [-0.1, -0.05) is 73.5 Å². The first-order valence-corrected chi connectivity index (χ1v) is 8.35. The van der Waals surface area contributed by atoms with Crippen molar-refractivity contribution in [1.29, 1.82) is 0 Å². The van der Waals surface area contributed by atoms with Crippen LogP contribution in [0, 0.1) is 0 Å². The van der Waals surface area contributed by atoms with E-state index in [0.717, 1.165) is 19.6 Å². The second-order valence-electron chi connectivity index (χ2n) is 6.46. The summed E-state index contributed by atoms with van der Waals surface area (Å²) in [5.74, 6) is 0. The fraction of sp³-hybridized carbons (Fsp3) is 0.400. The Bertz CT molecular complexity index is 517. The molecule has 0 spiro atoms. The minimum atomic E-state index is 0.172. The highest BCUT2D eigenvalue weighted by molar-refractivity contribution is 5.18. The van der Waals surface area contributed by atoms with E-state index in [1.807, 2.05) is 0 Å². The summed E-state index contributed by atoms with van der Waals surface area (Å²) in [6, 6.07) is 21.5. The lowest BCUT2D eigenvalue weighted by atomic mass is 9.93. The molecule has 0 atom stereocenters. The van der Waals surface area contributed by atoms with Crippen LogP contribution < -0.4 is 5.73 Å². The average molecular weight is 294 g/mol. The maximum absolute atomic E-state index is 6.24. The highest BCUT2D eigenvalue weighted by atomic mass is 15.2. The van der Waals surface area contributed by atoms with Gasteiger partial charge in [0.15, 0.2) is 0 Å². The van der Waals surface area contributed by atoms with Crippen LogP contribution in [-0.4, -0.2) is 17.0 Å². The molecule has 0 saturated heterocycles. The molecule has 1 aliphatic carbocycles. The first-order chi connectivity index (χ1) is 10.8. The van der Waals surface area contributed by atoms with Gasteiger partial charge in [-0.05, 0) is 24.0 Å². The molecule has 0 unspecified atom stereocenters. The van der Waals surface area contributed by atoms with E-state index in [1.54, 1.807) is 0 Å². The number of nitrogens with zero attached hydrogens (tertiary/aromatic N) is 1. The number of rotatable bonds is 6. The normalized spacial score (nSPS) is 17.0. The van der Waals surface area contributed by atoms with Crippen LogP contribution in [0.15, 0.2) is 60.7 Å². The van der Waals surface area contributed by atoms with Crippen molar-refractivity contribution in [1.82, 2.24) is 4.90 Å². The van der Waals surface area contributed by atoms with E-state index in [2.05, 4.69) is 65.6 Å². The lowest BCUT2D eigenvalue weighted by molar-refractivity contribution is 0.0818. The highest BCUT2D eigenvalue weighted by Gasteiger charge is 2.38. The van der Waals surface area contributed by atoms with Gasteiger partial charge < -0.3 is 5.73 Å². The third-order valence-electron chi connectivity index (χ3n) is 5.02. The van der Waals surface area contributed by atoms with Crippen molar-refractivity contribution in [3.8, 4) is 0 Å². The van der Waals surface area contributed by atoms with Crippen molar-refractivity contribution >= 4 is 0 Å². The molecule has 0 radical (unpaired) electrons. The number of hydrogen-bond donors (Lipinski definition) is 1. The van der Waals surface area contributed by atoms with Gasteiger partial charge in [-0.15, -0.1) is 0 Å². The molecule has 3 rings (SSSR count). The number of nitrogens with two attached hydrogens (primary N) is 1. The molecule has 2 nitrogen and oxygen atoms in total. The van der Waals surface area contributed by atoms with Crippen LogP contribution in [0.3, 0.4) is 0 Å². The molecule has 0 aliphatic heterocycles. The molecule has 2 heteroatoms. The largest absolute Gasteiger partial charge is 0.329 e. The summed E-state index contributed by atoms with van der Waals surface area (Å²) in [5, 5.41) is 0. The van der Waals surface area contributed by atoms with Gasteiger partial charge in [0.1, 0.15) is 0 Å². The molecular formula is C20H26N2. The topological polar surface area (TPSA) is 29.3 Å². The van der Waals surface area contributed by atoms with Gasteiger partial charge in [0.25, 0.3) is 0 Å². The Kier molecular flexibility index (Phi) is 4.91. The molecule has 1 aliphatic rings. The Hall–Kier alpha value is -1.64. The first-order valence-electron chi connectivity index (χ1n) is 8.35. The molecule has 0 bridgehead atoms. The van der Waals surface area contributed by atoms with Gasteiger partial charge in [0, 0.05) is 25.2 Å². The average Bonchev–Trinajstić information content (AvgIpc) is 3.06. The summed E-state index contributed by atoms with van der Waals surface area (Å²) in [5.41, 5.74) is 9.15. The molecule has 0 amide bonds. The van der Waals surface area contributed by atoms with Crippen LogP contribution in [0.5, 0.6) is 0 Å². The number of benzene rings is 2. The molecule has 0 heterocycles. The minimum Gasteiger partial charge on any atom is -0.329 e. The summed E-state index contributed by atoms with van der Waals surface area (Å²) in [6.07, 6.45) is 5.06. The summed E-state index contributed by atoms with van der Waals surface area (Å²) in [7, 11) is 0. The molecule has 0 aromatic heterocycles. The Morgan fingerprint density at radius 1 is 0.773 bits per heavy atom. The predicted molar refractivity (Wildman–Crippen MR) is 92.4 cm³/mol. The highest BCUT2D eigenvalue weighted by Crippen LogP contribution is 2.36. The van der Waals surface area contributed by atoms with Crippen LogP contribution in [0.1, 0.15) is 36.8 Å². The molecular weight excluding hydrogens is 268 g/mol. The summed E-state index contributed by atoms with van der Waals surface area (Å²) < 4.78 is 0.